The Morgan fingerprint density at radius 2 is 2.03 bits per heavy atom. The van der Waals surface area contributed by atoms with Crippen molar-refractivity contribution in [2.45, 2.75) is 31.1 Å². The van der Waals surface area contributed by atoms with Crippen LogP contribution >= 0.6 is 0 Å². The summed E-state index contributed by atoms with van der Waals surface area (Å²) in [5.41, 5.74) is -1.38. The van der Waals surface area contributed by atoms with Gasteiger partial charge in [0.15, 0.2) is 0 Å². The van der Waals surface area contributed by atoms with E-state index in [-0.39, 0.29) is 42.7 Å². The summed E-state index contributed by atoms with van der Waals surface area (Å²) >= 11 is 0. The smallest absolute Gasteiger partial charge is 0.241 e. The van der Waals surface area contributed by atoms with Gasteiger partial charge in [0.2, 0.25) is 17.7 Å². The average Bonchev–Trinajstić information content (AvgIpc) is 2.97. The second-order valence-corrected chi connectivity index (χ2v) is 8.87. The lowest BCUT2D eigenvalue weighted by molar-refractivity contribution is -0.143. The van der Waals surface area contributed by atoms with Crippen LogP contribution in [-0.2, 0) is 24.5 Å². The molecule has 0 saturated carbocycles. The van der Waals surface area contributed by atoms with E-state index in [1.807, 2.05) is 19.0 Å². The third kappa shape index (κ3) is 4.96. The number of hydrogen-bond acceptors (Lipinski definition) is 5. The van der Waals surface area contributed by atoms with Gasteiger partial charge < -0.3 is 14.5 Å². The quantitative estimate of drug-likeness (QED) is 0.583. The summed E-state index contributed by atoms with van der Waals surface area (Å²) in [4.78, 5) is 44.4. The molecule has 170 valence electrons. The van der Waals surface area contributed by atoms with E-state index in [0.717, 1.165) is 12.8 Å². The first-order valence-corrected chi connectivity index (χ1v) is 10.8. The van der Waals surface area contributed by atoms with Gasteiger partial charge >= 0.3 is 0 Å². The molecule has 2 atom stereocenters. The van der Waals surface area contributed by atoms with Crippen LogP contribution < -0.4 is 0 Å². The number of methoxy groups -OCH3 is 1. The predicted molar refractivity (Wildman–Crippen MR) is 114 cm³/mol. The molecule has 3 amide bonds. The molecule has 2 fully saturated rings. The van der Waals surface area contributed by atoms with Gasteiger partial charge in [-0.2, -0.15) is 0 Å². The summed E-state index contributed by atoms with van der Waals surface area (Å²) in [5.74, 6) is -1.40. The Hall–Kier alpha value is -2.32. The van der Waals surface area contributed by atoms with E-state index in [4.69, 9.17) is 4.74 Å². The van der Waals surface area contributed by atoms with Gasteiger partial charge in [0.25, 0.3) is 0 Å². The van der Waals surface area contributed by atoms with Gasteiger partial charge in [-0.1, -0.05) is 18.2 Å². The zero-order chi connectivity index (χ0) is 22.6. The number of amides is 3. The summed E-state index contributed by atoms with van der Waals surface area (Å²) in [6, 6.07) is 5.98. The first-order chi connectivity index (χ1) is 14.8. The molecule has 2 heterocycles. The Bertz CT molecular complexity index is 829. The Labute approximate surface area is 183 Å². The van der Waals surface area contributed by atoms with Crippen molar-refractivity contribution in [3.05, 3.63) is 35.6 Å². The minimum Gasteiger partial charge on any atom is -0.384 e. The molecule has 3 rings (SSSR count). The van der Waals surface area contributed by atoms with Crippen molar-refractivity contribution < 1.29 is 23.5 Å². The van der Waals surface area contributed by atoms with Crippen molar-refractivity contribution in [3.63, 3.8) is 0 Å². The number of nitrogens with zero attached hydrogens (tertiary/aromatic N) is 3. The molecule has 0 aliphatic carbocycles. The number of imide groups is 1. The van der Waals surface area contributed by atoms with Crippen LogP contribution in [0.4, 0.5) is 4.39 Å². The van der Waals surface area contributed by atoms with Crippen LogP contribution in [0.3, 0.4) is 0 Å². The van der Waals surface area contributed by atoms with Crippen LogP contribution in [0.15, 0.2) is 24.3 Å². The average molecular weight is 434 g/mol. The van der Waals surface area contributed by atoms with Crippen LogP contribution in [0.25, 0.3) is 0 Å². The van der Waals surface area contributed by atoms with Gasteiger partial charge in [-0.3, -0.25) is 19.3 Å². The molecule has 0 aromatic heterocycles. The molecule has 1 aromatic rings. The predicted octanol–water partition coefficient (Wildman–Crippen LogP) is 1.66. The molecule has 0 radical (unpaired) electrons. The molecular weight excluding hydrogens is 401 g/mol. The standard InChI is InChI=1S/C23H32FN3O4/c1-25(2)11-12-27-21(29)14-23(22(27)30,18-8-4-5-9-19(18)24)13-20(28)26-10-6-7-17(15-26)16-31-3/h4-5,8-9,17H,6-7,10-16H2,1-3H3/t17-,23+/m0/s1. The Morgan fingerprint density at radius 3 is 2.71 bits per heavy atom. The van der Waals surface area contributed by atoms with Gasteiger partial charge in [0.1, 0.15) is 5.82 Å². The molecule has 0 unspecified atom stereocenters. The van der Waals surface area contributed by atoms with Crippen LogP contribution in [-0.4, -0.2) is 86.4 Å². The lowest BCUT2D eigenvalue weighted by atomic mass is 9.75. The molecule has 2 aliphatic heterocycles. The highest BCUT2D eigenvalue weighted by Crippen LogP contribution is 2.41. The first-order valence-electron chi connectivity index (χ1n) is 10.8. The lowest BCUT2D eigenvalue weighted by Gasteiger charge is -2.35. The number of carbonyl (C=O) groups excluding carboxylic acids is 3. The molecule has 2 aliphatic rings. The summed E-state index contributed by atoms with van der Waals surface area (Å²) in [7, 11) is 5.34. The summed E-state index contributed by atoms with van der Waals surface area (Å²) < 4.78 is 20.1. The molecular formula is C23H32FN3O4. The largest absolute Gasteiger partial charge is 0.384 e. The monoisotopic (exact) mass is 433 g/mol. The highest BCUT2D eigenvalue weighted by atomic mass is 19.1. The number of likely N-dealkylation sites (tertiary alicyclic amines) is 2. The van der Waals surface area contributed by atoms with Crippen LogP contribution in [0.5, 0.6) is 0 Å². The highest BCUT2D eigenvalue weighted by Gasteiger charge is 2.55. The molecule has 7 nitrogen and oxygen atoms in total. The number of rotatable bonds is 8. The second kappa shape index (κ2) is 9.87. The maximum atomic E-state index is 14.9. The number of carbonyl (C=O) groups is 3. The fourth-order valence-corrected chi connectivity index (χ4v) is 4.65. The van der Waals surface area contributed by atoms with Crippen molar-refractivity contribution in [2.75, 3.05) is 54.0 Å². The minimum absolute atomic E-state index is 0.125. The topological polar surface area (TPSA) is 70.2 Å². The first kappa shape index (κ1) is 23.3. The Balaban J connectivity index is 1.89. The lowest BCUT2D eigenvalue weighted by Crippen LogP contribution is -2.47. The number of halogens is 1. The van der Waals surface area contributed by atoms with Crippen LogP contribution in [0.1, 0.15) is 31.2 Å². The van der Waals surface area contributed by atoms with Gasteiger partial charge in [-0.05, 0) is 38.9 Å². The zero-order valence-corrected chi connectivity index (χ0v) is 18.6. The molecule has 0 N–H and O–H groups in total. The number of ether oxygens (including phenoxy) is 1. The van der Waals surface area contributed by atoms with Crippen molar-refractivity contribution >= 4 is 17.7 Å². The third-order valence-corrected chi connectivity index (χ3v) is 6.30. The molecule has 2 saturated heterocycles. The van der Waals surface area contributed by atoms with Crippen LogP contribution in [0.2, 0.25) is 0 Å². The van der Waals surface area contributed by atoms with Gasteiger partial charge in [-0.25, -0.2) is 4.39 Å². The normalized spacial score (nSPS) is 24.4. The molecule has 0 spiro atoms. The maximum Gasteiger partial charge on any atom is 0.241 e. The molecule has 8 heteroatoms. The number of piperidine rings is 1. The minimum atomic E-state index is -1.50. The van der Waals surface area contributed by atoms with E-state index >= 15 is 0 Å². The summed E-state index contributed by atoms with van der Waals surface area (Å²) in [5, 5.41) is 0. The van der Waals surface area contributed by atoms with E-state index in [0.29, 0.717) is 26.2 Å². The maximum absolute atomic E-state index is 14.9. The van der Waals surface area contributed by atoms with Crippen LogP contribution in [0, 0.1) is 11.7 Å². The van der Waals surface area contributed by atoms with Gasteiger partial charge in [0, 0.05) is 51.7 Å². The van der Waals surface area contributed by atoms with E-state index in [1.165, 1.54) is 17.0 Å². The van der Waals surface area contributed by atoms with E-state index < -0.39 is 17.1 Å². The highest BCUT2D eigenvalue weighted by molar-refractivity contribution is 6.10. The molecule has 31 heavy (non-hydrogen) atoms. The fraction of sp³-hybridized carbons (Fsp3) is 0.609. The Kier molecular flexibility index (Phi) is 7.43. The van der Waals surface area contributed by atoms with Gasteiger partial charge in [-0.15, -0.1) is 0 Å². The van der Waals surface area contributed by atoms with Crippen molar-refractivity contribution in [1.29, 1.82) is 0 Å². The molecule has 1 aromatic carbocycles. The fourth-order valence-electron chi connectivity index (χ4n) is 4.65. The number of likely N-dealkylation sites (N-methyl/N-ethyl adjacent to an activating group) is 1. The third-order valence-electron chi connectivity index (χ3n) is 6.30. The zero-order valence-electron chi connectivity index (χ0n) is 18.6. The van der Waals surface area contributed by atoms with Gasteiger partial charge in [0.05, 0.1) is 12.0 Å². The number of hydrogen-bond donors (Lipinski definition) is 0. The SMILES string of the molecule is COC[C@H]1CCCN(C(=O)C[C@]2(c3ccccc3F)CC(=O)N(CCN(C)C)C2=O)C1. The second-order valence-electron chi connectivity index (χ2n) is 8.87. The summed E-state index contributed by atoms with van der Waals surface area (Å²) in [6.07, 6.45) is 1.43. The van der Waals surface area contributed by atoms with E-state index in [2.05, 4.69) is 0 Å². The number of benzene rings is 1. The molecule has 0 bridgehead atoms. The van der Waals surface area contributed by atoms with Crippen molar-refractivity contribution in [3.8, 4) is 0 Å². The van der Waals surface area contributed by atoms with E-state index in [9.17, 15) is 18.8 Å². The van der Waals surface area contributed by atoms with Crippen molar-refractivity contribution in [1.82, 2.24) is 14.7 Å². The summed E-state index contributed by atoms with van der Waals surface area (Å²) in [6.45, 7) is 2.43. The van der Waals surface area contributed by atoms with E-state index in [1.54, 1.807) is 24.1 Å². The van der Waals surface area contributed by atoms with Crippen molar-refractivity contribution in [2.24, 2.45) is 5.92 Å². The Morgan fingerprint density at radius 1 is 1.29 bits per heavy atom.